The average molecular weight is 251 g/mol. The molecular formula is C17H33N. The van der Waals surface area contributed by atoms with Crippen molar-refractivity contribution in [3.05, 3.63) is 12.7 Å². The summed E-state index contributed by atoms with van der Waals surface area (Å²) in [7, 11) is 0. The van der Waals surface area contributed by atoms with Gasteiger partial charge in [0.15, 0.2) is 0 Å². The van der Waals surface area contributed by atoms with Gasteiger partial charge in [0.1, 0.15) is 0 Å². The van der Waals surface area contributed by atoms with E-state index in [9.17, 15) is 0 Å². The van der Waals surface area contributed by atoms with Crippen LogP contribution in [0.1, 0.15) is 77.6 Å². The van der Waals surface area contributed by atoms with Crippen LogP contribution >= 0.6 is 0 Å². The Labute approximate surface area is 114 Å². The molecule has 0 aromatic carbocycles. The van der Waals surface area contributed by atoms with E-state index in [4.69, 9.17) is 0 Å². The molecule has 0 aromatic rings. The second-order valence-corrected chi connectivity index (χ2v) is 5.95. The Balaban J connectivity index is 2.18. The van der Waals surface area contributed by atoms with Crippen LogP contribution in [0.15, 0.2) is 12.7 Å². The van der Waals surface area contributed by atoms with Gasteiger partial charge in [-0.2, -0.15) is 0 Å². The fourth-order valence-electron chi connectivity index (χ4n) is 3.12. The van der Waals surface area contributed by atoms with Crippen LogP contribution in [-0.4, -0.2) is 12.6 Å². The molecule has 0 saturated heterocycles. The Morgan fingerprint density at radius 1 is 1.22 bits per heavy atom. The van der Waals surface area contributed by atoms with Crippen molar-refractivity contribution >= 4 is 0 Å². The lowest BCUT2D eigenvalue weighted by molar-refractivity contribution is 0.307. The highest BCUT2D eigenvalue weighted by molar-refractivity contribution is 4.74. The van der Waals surface area contributed by atoms with Crippen molar-refractivity contribution in [1.82, 2.24) is 5.32 Å². The molecule has 0 bridgehead atoms. The van der Waals surface area contributed by atoms with Crippen LogP contribution in [0.4, 0.5) is 0 Å². The highest BCUT2D eigenvalue weighted by Gasteiger charge is 2.15. The van der Waals surface area contributed by atoms with Gasteiger partial charge < -0.3 is 5.32 Å². The Bertz CT molecular complexity index is 194. The highest BCUT2D eigenvalue weighted by atomic mass is 14.9. The molecule has 1 aliphatic carbocycles. The van der Waals surface area contributed by atoms with Crippen LogP contribution in [0, 0.1) is 5.92 Å². The van der Waals surface area contributed by atoms with Gasteiger partial charge in [0, 0.05) is 6.04 Å². The Kier molecular flexibility index (Phi) is 9.28. The van der Waals surface area contributed by atoms with Gasteiger partial charge in [-0.15, -0.1) is 6.58 Å². The van der Waals surface area contributed by atoms with E-state index >= 15 is 0 Å². The summed E-state index contributed by atoms with van der Waals surface area (Å²) >= 11 is 0. The molecule has 0 spiro atoms. The van der Waals surface area contributed by atoms with Crippen molar-refractivity contribution in [2.45, 2.75) is 83.6 Å². The molecule has 1 nitrogen and oxygen atoms in total. The van der Waals surface area contributed by atoms with Gasteiger partial charge in [-0.05, 0) is 51.0 Å². The molecule has 0 radical (unpaired) electrons. The van der Waals surface area contributed by atoms with Crippen molar-refractivity contribution in [3.63, 3.8) is 0 Å². The Morgan fingerprint density at radius 3 is 2.67 bits per heavy atom. The molecule has 0 aromatic heterocycles. The van der Waals surface area contributed by atoms with Gasteiger partial charge >= 0.3 is 0 Å². The van der Waals surface area contributed by atoms with Crippen molar-refractivity contribution in [2.75, 3.05) is 6.54 Å². The van der Waals surface area contributed by atoms with E-state index in [1.165, 1.54) is 77.2 Å². The third kappa shape index (κ3) is 7.20. The number of rotatable bonds is 10. The van der Waals surface area contributed by atoms with E-state index in [0.717, 1.165) is 12.0 Å². The van der Waals surface area contributed by atoms with E-state index in [1.807, 2.05) is 0 Å². The minimum absolute atomic E-state index is 0.756. The number of nitrogens with one attached hydrogen (secondary N) is 1. The van der Waals surface area contributed by atoms with Gasteiger partial charge in [0.05, 0.1) is 0 Å². The van der Waals surface area contributed by atoms with E-state index in [0.29, 0.717) is 0 Å². The SMILES string of the molecule is C=CCCCC(CCC1CCCCC1)NCCC. The highest BCUT2D eigenvalue weighted by Crippen LogP contribution is 2.28. The molecule has 1 atom stereocenters. The average Bonchev–Trinajstić information content (AvgIpc) is 2.42. The molecule has 1 aliphatic rings. The first-order valence-electron chi connectivity index (χ1n) is 8.21. The predicted molar refractivity (Wildman–Crippen MR) is 81.9 cm³/mol. The smallest absolute Gasteiger partial charge is 0.00672 e. The standard InChI is InChI=1S/C17H33N/c1-3-5-7-12-17(18-15-4-2)14-13-16-10-8-6-9-11-16/h3,16-18H,1,4-15H2,2H3. The van der Waals surface area contributed by atoms with Gasteiger partial charge in [-0.3, -0.25) is 0 Å². The number of allylic oxidation sites excluding steroid dienone is 1. The molecule has 1 saturated carbocycles. The molecule has 106 valence electrons. The monoisotopic (exact) mass is 251 g/mol. The van der Waals surface area contributed by atoms with Gasteiger partial charge in [-0.1, -0.05) is 45.1 Å². The molecule has 1 unspecified atom stereocenters. The minimum atomic E-state index is 0.756. The third-order valence-corrected chi connectivity index (χ3v) is 4.29. The molecule has 0 aliphatic heterocycles. The largest absolute Gasteiger partial charge is 0.314 e. The van der Waals surface area contributed by atoms with Crippen molar-refractivity contribution in [2.24, 2.45) is 5.92 Å². The van der Waals surface area contributed by atoms with E-state index < -0.39 is 0 Å². The predicted octanol–water partition coefficient (Wildman–Crippen LogP) is 5.07. The fraction of sp³-hybridized carbons (Fsp3) is 0.882. The van der Waals surface area contributed by atoms with E-state index in [2.05, 4.69) is 24.9 Å². The lowest BCUT2D eigenvalue weighted by Crippen LogP contribution is -2.30. The lowest BCUT2D eigenvalue weighted by atomic mass is 9.85. The summed E-state index contributed by atoms with van der Waals surface area (Å²) in [5.74, 6) is 1.03. The Hall–Kier alpha value is -0.300. The zero-order valence-corrected chi connectivity index (χ0v) is 12.4. The molecule has 1 N–H and O–H groups in total. The van der Waals surface area contributed by atoms with Gasteiger partial charge in [0.2, 0.25) is 0 Å². The van der Waals surface area contributed by atoms with Gasteiger partial charge in [-0.25, -0.2) is 0 Å². The van der Waals surface area contributed by atoms with Crippen LogP contribution in [0.5, 0.6) is 0 Å². The number of hydrogen-bond donors (Lipinski definition) is 1. The summed E-state index contributed by atoms with van der Waals surface area (Å²) in [4.78, 5) is 0. The molecule has 1 heteroatoms. The maximum Gasteiger partial charge on any atom is 0.00672 e. The summed E-state index contributed by atoms with van der Waals surface area (Å²) in [6, 6.07) is 0.756. The van der Waals surface area contributed by atoms with Crippen molar-refractivity contribution < 1.29 is 0 Å². The summed E-state index contributed by atoms with van der Waals surface area (Å²) < 4.78 is 0. The molecule has 1 rings (SSSR count). The minimum Gasteiger partial charge on any atom is -0.314 e. The summed E-state index contributed by atoms with van der Waals surface area (Å²) in [5.41, 5.74) is 0. The normalized spacial score (nSPS) is 18.7. The molecular weight excluding hydrogens is 218 g/mol. The van der Waals surface area contributed by atoms with Crippen LogP contribution < -0.4 is 5.32 Å². The third-order valence-electron chi connectivity index (χ3n) is 4.29. The number of unbranched alkanes of at least 4 members (excludes halogenated alkanes) is 1. The lowest BCUT2D eigenvalue weighted by Gasteiger charge is -2.25. The second-order valence-electron chi connectivity index (χ2n) is 5.95. The van der Waals surface area contributed by atoms with E-state index in [1.54, 1.807) is 0 Å². The second kappa shape index (κ2) is 10.6. The van der Waals surface area contributed by atoms with Crippen LogP contribution in [-0.2, 0) is 0 Å². The molecule has 18 heavy (non-hydrogen) atoms. The van der Waals surface area contributed by atoms with Crippen LogP contribution in [0.25, 0.3) is 0 Å². The first-order valence-corrected chi connectivity index (χ1v) is 8.21. The zero-order chi connectivity index (χ0) is 13.1. The first kappa shape index (κ1) is 15.8. The van der Waals surface area contributed by atoms with Gasteiger partial charge in [0.25, 0.3) is 0 Å². The fourth-order valence-corrected chi connectivity index (χ4v) is 3.12. The molecule has 0 heterocycles. The summed E-state index contributed by atoms with van der Waals surface area (Å²) in [5, 5.41) is 3.73. The maximum absolute atomic E-state index is 3.82. The number of hydrogen-bond acceptors (Lipinski definition) is 1. The maximum atomic E-state index is 3.82. The van der Waals surface area contributed by atoms with Crippen LogP contribution in [0.2, 0.25) is 0 Å². The van der Waals surface area contributed by atoms with Crippen molar-refractivity contribution in [1.29, 1.82) is 0 Å². The van der Waals surface area contributed by atoms with Crippen LogP contribution in [0.3, 0.4) is 0 Å². The molecule has 0 amide bonds. The van der Waals surface area contributed by atoms with Crippen molar-refractivity contribution in [3.8, 4) is 0 Å². The molecule has 1 fully saturated rings. The topological polar surface area (TPSA) is 12.0 Å². The first-order chi connectivity index (χ1) is 8.86. The van der Waals surface area contributed by atoms with E-state index in [-0.39, 0.29) is 0 Å². The zero-order valence-electron chi connectivity index (χ0n) is 12.4. The Morgan fingerprint density at radius 2 is 2.00 bits per heavy atom. The summed E-state index contributed by atoms with van der Waals surface area (Å²) in [6.45, 7) is 7.26. The quantitative estimate of drug-likeness (QED) is 0.422. The summed E-state index contributed by atoms with van der Waals surface area (Å²) in [6.07, 6.45) is 17.4.